The monoisotopic (exact) mass is 258 g/mol. The van der Waals surface area contributed by atoms with Crippen molar-refractivity contribution in [3.05, 3.63) is 36.0 Å². The average molecular weight is 258 g/mol. The minimum absolute atomic E-state index is 0.154. The molecule has 0 unspecified atom stereocenters. The van der Waals surface area contributed by atoms with E-state index in [4.69, 9.17) is 0 Å². The van der Waals surface area contributed by atoms with Crippen LogP contribution in [0.3, 0.4) is 0 Å². The number of para-hydroxylation sites is 1. The smallest absolute Gasteiger partial charge is 0.220 e. The Hall–Kier alpha value is -1.77. The fourth-order valence-electron chi connectivity index (χ4n) is 2.28. The number of hydrogen-bond acceptors (Lipinski definition) is 1. The number of aromatic amines is 1. The van der Waals surface area contributed by atoms with Crippen molar-refractivity contribution in [3.8, 4) is 0 Å². The van der Waals surface area contributed by atoms with Gasteiger partial charge in [-0.3, -0.25) is 4.79 Å². The second-order valence-electron chi connectivity index (χ2n) is 4.92. The summed E-state index contributed by atoms with van der Waals surface area (Å²) in [6.07, 6.45) is 6.82. The van der Waals surface area contributed by atoms with Crippen molar-refractivity contribution in [1.82, 2.24) is 10.3 Å². The molecular formula is C16H22N2O. The van der Waals surface area contributed by atoms with Gasteiger partial charge in [-0.2, -0.15) is 0 Å². The molecule has 1 heterocycles. The van der Waals surface area contributed by atoms with Crippen LogP contribution in [0.4, 0.5) is 0 Å². The number of rotatable bonds is 7. The largest absolute Gasteiger partial charge is 0.361 e. The third kappa shape index (κ3) is 3.85. The lowest BCUT2D eigenvalue weighted by molar-refractivity contribution is -0.121. The molecule has 0 radical (unpaired) electrons. The Morgan fingerprint density at radius 3 is 2.95 bits per heavy atom. The van der Waals surface area contributed by atoms with Gasteiger partial charge in [0.25, 0.3) is 0 Å². The standard InChI is InChI=1S/C16H22N2O/c1-2-3-6-11-17-16(19)10-9-13-12-18-15-8-5-4-7-14(13)15/h4-5,7-8,12,18H,2-3,6,9-11H2,1H3,(H,17,19). The number of fused-ring (bicyclic) bond motifs is 1. The quantitative estimate of drug-likeness (QED) is 0.734. The fraction of sp³-hybridized carbons (Fsp3) is 0.438. The molecule has 2 N–H and O–H groups in total. The molecule has 0 bridgehead atoms. The molecule has 0 saturated heterocycles. The van der Waals surface area contributed by atoms with Crippen molar-refractivity contribution < 1.29 is 4.79 Å². The Morgan fingerprint density at radius 1 is 1.26 bits per heavy atom. The molecule has 3 nitrogen and oxygen atoms in total. The van der Waals surface area contributed by atoms with Gasteiger partial charge < -0.3 is 10.3 Å². The predicted octanol–water partition coefficient (Wildman–Crippen LogP) is 3.41. The summed E-state index contributed by atoms with van der Waals surface area (Å²) in [5.74, 6) is 0.154. The highest BCUT2D eigenvalue weighted by molar-refractivity contribution is 5.84. The van der Waals surface area contributed by atoms with E-state index >= 15 is 0 Å². The van der Waals surface area contributed by atoms with Crippen LogP contribution in [0.1, 0.15) is 38.2 Å². The summed E-state index contributed by atoms with van der Waals surface area (Å²) in [5, 5.41) is 4.20. The maximum atomic E-state index is 11.7. The third-order valence-corrected chi connectivity index (χ3v) is 3.40. The maximum absolute atomic E-state index is 11.7. The fourth-order valence-corrected chi connectivity index (χ4v) is 2.28. The molecule has 0 saturated carbocycles. The van der Waals surface area contributed by atoms with E-state index in [-0.39, 0.29) is 5.91 Å². The molecule has 19 heavy (non-hydrogen) atoms. The molecule has 3 heteroatoms. The zero-order valence-corrected chi connectivity index (χ0v) is 11.5. The Bertz CT molecular complexity index is 530. The first-order chi connectivity index (χ1) is 9.31. The van der Waals surface area contributed by atoms with Crippen molar-refractivity contribution in [3.63, 3.8) is 0 Å². The van der Waals surface area contributed by atoms with E-state index in [0.717, 1.165) is 24.9 Å². The lowest BCUT2D eigenvalue weighted by atomic mass is 10.1. The number of benzene rings is 1. The number of H-pyrrole nitrogens is 1. The Kier molecular flexibility index (Phi) is 5.01. The van der Waals surface area contributed by atoms with Crippen molar-refractivity contribution >= 4 is 16.8 Å². The summed E-state index contributed by atoms with van der Waals surface area (Å²) in [4.78, 5) is 15.0. The predicted molar refractivity (Wildman–Crippen MR) is 79.2 cm³/mol. The van der Waals surface area contributed by atoms with Crippen molar-refractivity contribution in [2.75, 3.05) is 6.54 Å². The number of nitrogens with one attached hydrogen (secondary N) is 2. The first-order valence-corrected chi connectivity index (χ1v) is 7.13. The molecule has 2 aromatic rings. The first kappa shape index (κ1) is 13.7. The van der Waals surface area contributed by atoms with Crippen LogP contribution in [0.5, 0.6) is 0 Å². The van der Waals surface area contributed by atoms with Gasteiger partial charge in [0.15, 0.2) is 0 Å². The number of hydrogen-bond donors (Lipinski definition) is 2. The van der Waals surface area contributed by atoms with Crippen LogP contribution in [-0.2, 0) is 11.2 Å². The lowest BCUT2D eigenvalue weighted by Crippen LogP contribution is -2.24. The topological polar surface area (TPSA) is 44.9 Å². The van der Waals surface area contributed by atoms with Crippen molar-refractivity contribution in [2.24, 2.45) is 0 Å². The highest BCUT2D eigenvalue weighted by atomic mass is 16.1. The minimum Gasteiger partial charge on any atom is -0.361 e. The van der Waals surface area contributed by atoms with Gasteiger partial charge in [-0.05, 0) is 24.5 Å². The van der Waals surface area contributed by atoms with Gasteiger partial charge in [0.2, 0.25) is 5.91 Å². The Morgan fingerprint density at radius 2 is 2.11 bits per heavy atom. The Labute approximate surface area is 114 Å². The molecule has 0 aliphatic rings. The summed E-state index contributed by atoms with van der Waals surface area (Å²) in [7, 11) is 0. The highest BCUT2D eigenvalue weighted by Crippen LogP contribution is 2.18. The summed E-state index contributed by atoms with van der Waals surface area (Å²) in [5.41, 5.74) is 2.36. The number of carbonyl (C=O) groups is 1. The molecule has 1 aromatic heterocycles. The number of carbonyl (C=O) groups excluding carboxylic acids is 1. The second kappa shape index (κ2) is 6.98. The molecular weight excluding hydrogens is 236 g/mol. The van der Waals surface area contributed by atoms with Gasteiger partial charge >= 0.3 is 0 Å². The van der Waals surface area contributed by atoms with Gasteiger partial charge in [-0.15, -0.1) is 0 Å². The van der Waals surface area contributed by atoms with Crippen LogP contribution < -0.4 is 5.32 Å². The molecule has 0 aliphatic heterocycles. The number of aryl methyl sites for hydroxylation is 1. The zero-order valence-electron chi connectivity index (χ0n) is 11.5. The van der Waals surface area contributed by atoms with E-state index < -0.39 is 0 Å². The maximum Gasteiger partial charge on any atom is 0.220 e. The van der Waals surface area contributed by atoms with E-state index in [2.05, 4.69) is 29.4 Å². The van der Waals surface area contributed by atoms with Crippen LogP contribution in [0.15, 0.2) is 30.5 Å². The van der Waals surface area contributed by atoms with E-state index in [1.807, 2.05) is 18.3 Å². The SMILES string of the molecule is CCCCCNC(=O)CCc1c[nH]c2ccccc12. The van der Waals surface area contributed by atoms with Gasteiger partial charge in [0, 0.05) is 30.1 Å². The van der Waals surface area contributed by atoms with Crippen LogP contribution in [0, 0.1) is 0 Å². The molecule has 1 aromatic carbocycles. The van der Waals surface area contributed by atoms with Crippen molar-refractivity contribution in [2.45, 2.75) is 39.0 Å². The van der Waals surface area contributed by atoms with Crippen LogP contribution in [0.2, 0.25) is 0 Å². The summed E-state index contributed by atoms with van der Waals surface area (Å²) in [6, 6.07) is 8.21. The van der Waals surface area contributed by atoms with E-state index in [1.165, 1.54) is 23.8 Å². The third-order valence-electron chi connectivity index (χ3n) is 3.40. The second-order valence-corrected chi connectivity index (χ2v) is 4.92. The van der Waals surface area contributed by atoms with E-state index in [0.29, 0.717) is 6.42 Å². The number of aromatic nitrogens is 1. The zero-order chi connectivity index (χ0) is 13.5. The van der Waals surface area contributed by atoms with Gasteiger partial charge in [0.1, 0.15) is 0 Å². The normalized spacial score (nSPS) is 10.8. The molecule has 0 spiro atoms. The molecule has 1 amide bonds. The van der Waals surface area contributed by atoms with Crippen LogP contribution in [0.25, 0.3) is 10.9 Å². The number of amides is 1. The summed E-state index contributed by atoms with van der Waals surface area (Å²) >= 11 is 0. The molecule has 0 aliphatic carbocycles. The molecule has 0 fully saturated rings. The van der Waals surface area contributed by atoms with Crippen LogP contribution in [-0.4, -0.2) is 17.4 Å². The van der Waals surface area contributed by atoms with Gasteiger partial charge in [-0.1, -0.05) is 38.0 Å². The summed E-state index contributed by atoms with van der Waals surface area (Å²) in [6.45, 7) is 2.97. The number of unbranched alkanes of at least 4 members (excludes halogenated alkanes) is 2. The van der Waals surface area contributed by atoms with Gasteiger partial charge in [-0.25, -0.2) is 0 Å². The minimum atomic E-state index is 0.154. The highest BCUT2D eigenvalue weighted by Gasteiger charge is 2.06. The van der Waals surface area contributed by atoms with E-state index in [9.17, 15) is 4.79 Å². The first-order valence-electron chi connectivity index (χ1n) is 7.13. The molecule has 102 valence electrons. The van der Waals surface area contributed by atoms with Gasteiger partial charge in [0.05, 0.1) is 0 Å². The Balaban J connectivity index is 1.80. The van der Waals surface area contributed by atoms with E-state index in [1.54, 1.807) is 0 Å². The summed E-state index contributed by atoms with van der Waals surface area (Å²) < 4.78 is 0. The molecule has 2 rings (SSSR count). The van der Waals surface area contributed by atoms with Crippen LogP contribution >= 0.6 is 0 Å². The lowest BCUT2D eigenvalue weighted by Gasteiger charge is -2.04. The van der Waals surface area contributed by atoms with Crippen molar-refractivity contribution in [1.29, 1.82) is 0 Å². The molecule has 0 atom stereocenters. The average Bonchev–Trinajstić information content (AvgIpc) is 2.85.